The molecule has 0 saturated carbocycles. The summed E-state index contributed by atoms with van der Waals surface area (Å²) in [4.78, 5) is 20.9. The van der Waals surface area contributed by atoms with Crippen LogP contribution in [0.25, 0.3) is 0 Å². The maximum absolute atomic E-state index is 10.5. The fourth-order valence-electron chi connectivity index (χ4n) is 0.473. The largest absolute Gasteiger partial charge is 0.293 e. The van der Waals surface area contributed by atoms with Crippen LogP contribution in [-0.2, 0) is 9.59 Å². The van der Waals surface area contributed by atoms with Crippen molar-refractivity contribution in [2.45, 2.75) is 3.92 Å². The second-order valence-electron chi connectivity index (χ2n) is 1.50. The highest BCUT2D eigenvalue weighted by Crippen LogP contribution is 2.10. The fourth-order valence-corrected chi connectivity index (χ4v) is 0.889. The lowest BCUT2D eigenvalue weighted by molar-refractivity contribution is -0.119. The molecule has 1 aliphatic carbocycles. The van der Waals surface area contributed by atoms with E-state index in [0.717, 1.165) is 0 Å². The van der Waals surface area contributed by atoms with Gasteiger partial charge in [-0.05, 0) is 12.2 Å². The van der Waals surface area contributed by atoms with Gasteiger partial charge >= 0.3 is 0 Å². The van der Waals surface area contributed by atoms with Gasteiger partial charge in [0, 0.05) is 0 Å². The van der Waals surface area contributed by atoms with Gasteiger partial charge in [0.25, 0.3) is 0 Å². The Morgan fingerprint density at radius 1 is 1.25 bits per heavy atom. The van der Waals surface area contributed by atoms with Crippen molar-refractivity contribution in [3.63, 3.8) is 0 Å². The van der Waals surface area contributed by atoms with Crippen molar-refractivity contribution in [1.82, 2.24) is 0 Å². The number of alkyl halides is 1. The SMILES string of the molecule is O=C1C=CC(=O)C1I. The standard InChI is InChI=1S/C5H3IO2/c6-5-3(7)1-2-4(5)8/h1-2,5H. The van der Waals surface area contributed by atoms with Gasteiger partial charge in [-0.1, -0.05) is 22.6 Å². The molecule has 0 aromatic rings. The molecule has 0 atom stereocenters. The Morgan fingerprint density at radius 2 is 1.62 bits per heavy atom. The zero-order valence-corrected chi connectivity index (χ0v) is 6.08. The van der Waals surface area contributed by atoms with Gasteiger partial charge in [-0.25, -0.2) is 0 Å². The number of halogens is 1. The van der Waals surface area contributed by atoms with Crippen molar-refractivity contribution in [3.05, 3.63) is 12.2 Å². The highest BCUT2D eigenvalue weighted by atomic mass is 127. The third-order valence-corrected chi connectivity index (χ3v) is 2.14. The predicted molar refractivity (Wildman–Crippen MR) is 37.0 cm³/mol. The van der Waals surface area contributed by atoms with Gasteiger partial charge in [0.05, 0.1) is 0 Å². The molecule has 0 heterocycles. The van der Waals surface area contributed by atoms with E-state index in [2.05, 4.69) is 0 Å². The van der Waals surface area contributed by atoms with Crippen molar-refractivity contribution in [2.75, 3.05) is 0 Å². The van der Waals surface area contributed by atoms with Gasteiger partial charge in [-0.3, -0.25) is 9.59 Å². The Hall–Kier alpha value is -0.190. The van der Waals surface area contributed by atoms with Crippen LogP contribution in [0, 0.1) is 0 Å². The summed E-state index contributed by atoms with van der Waals surface area (Å²) in [5.41, 5.74) is 0. The van der Waals surface area contributed by atoms with Crippen LogP contribution in [0.3, 0.4) is 0 Å². The van der Waals surface area contributed by atoms with Gasteiger partial charge < -0.3 is 0 Å². The summed E-state index contributed by atoms with van der Waals surface area (Å²) in [5, 5.41) is 0. The van der Waals surface area contributed by atoms with Gasteiger partial charge in [0.2, 0.25) is 0 Å². The highest BCUT2D eigenvalue weighted by Gasteiger charge is 2.23. The first kappa shape index (κ1) is 5.94. The molecule has 0 amide bonds. The van der Waals surface area contributed by atoms with Crippen molar-refractivity contribution in [1.29, 1.82) is 0 Å². The summed E-state index contributed by atoms with van der Waals surface area (Å²) in [6.07, 6.45) is 2.64. The number of carbonyl (C=O) groups is 2. The molecule has 1 rings (SSSR count). The third-order valence-electron chi connectivity index (χ3n) is 0.911. The first-order valence-electron chi connectivity index (χ1n) is 2.11. The Bertz CT molecular complexity index is 153. The monoisotopic (exact) mass is 222 g/mol. The minimum atomic E-state index is -0.437. The van der Waals surface area contributed by atoms with Crippen LogP contribution in [-0.4, -0.2) is 15.5 Å². The van der Waals surface area contributed by atoms with Gasteiger partial charge in [0.1, 0.15) is 3.92 Å². The summed E-state index contributed by atoms with van der Waals surface area (Å²) < 4.78 is -0.437. The quantitative estimate of drug-likeness (QED) is 0.339. The maximum Gasteiger partial charge on any atom is 0.176 e. The molecular weight excluding hydrogens is 219 g/mol. The van der Waals surface area contributed by atoms with E-state index < -0.39 is 3.92 Å². The number of ketones is 2. The van der Waals surface area contributed by atoms with E-state index in [4.69, 9.17) is 0 Å². The Balaban J connectivity index is 2.84. The lowest BCUT2D eigenvalue weighted by Gasteiger charge is -1.88. The van der Waals surface area contributed by atoms with Crippen molar-refractivity contribution < 1.29 is 9.59 Å². The average Bonchev–Trinajstić information content (AvgIpc) is 1.98. The fraction of sp³-hybridized carbons (Fsp3) is 0.200. The Morgan fingerprint density at radius 3 is 1.75 bits per heavy atom. The predicted octanol–water partition coefficient (Wildman–Crippen LogP) is 0.498. The summed E-state index contributed by atoms with van der Waals surface area (Å²) in [6, 6.07) is 0. The van der Waals surface area contributed by atoms with Gasteiger partial charge in [0.15, 0.2) is 11.6 Å². The average molecular weight is 222 g/mol. The lowest BCUT2D eigenvalue weighted by Crippen LogP contribution is -2.12. The van der Waals surface area contributed by atoms with Crippen molar-refractivity contribution in [2.24, 2.45) is 0 Å². The molecule has 42 valence electrons. The molecule has 8 heavy (non-hydrogen) atoms. The summed E-state index contributed by atoms with van der Waals surface area (Å²) in [7, 11) is 0. The van der Waals surface area contributed by atoms with Crippen LogP contribution in [0.1, 0.15) is 0 Å². The second-order valence-corrected chi connectivity index (χ2v) is 2.75. The molecule has 0 spiro atoms. The van der Waals surface area contributed by atoms with E-state index in [0.29, 0.717) is 0 Å². The molecular formula is C5H3IO2. The second kappa shape index (κ2) is 1.97. The number of hydrogen-bond acceptors (Lipinski definition) is 2. The van der Waals surface area contributed by atoms with E-state index in [1.165, 1.54) is 12.2 Å². The summed E-state index contributed by atoms with van der Waals surface area (Å²) in [6.45, 7) is 0. The zero-order valence-electron chi connectivity index (χ0n) is 3.93. The minimum absolute atomic E-state index is 0.0874. The van der Waals surface area contributed by atoms with Gasteiger partial charge in [-0.2, -0.15) is 0 Å². The van der Waals surface area contributed by atoms with Crippen molar-refractivity contribution >= 4 is 34.2 Å². The van der Waals surface area contributed by atoms with Gasteiger partial charge in [-0.15, -0.1) is 0 Å². The minimum Gasteiger partial charge on any atom is -0.293 e. The van der Waals surface area contributed by atoms with Crippen LogP contribution in [0.15, 0.2) is 12.2 Å². The van der Waals surface area contributed by atoms with Crippen molar-refractivity contribution in [3.8, 4) is 0 Å². The first-order valence-corrected chi connectivity index (χ1v) is 3.36. The molecule has 0 N–H and O–H groups in total. The lowest BCUT2D eigenvalue weighted by atomic mass is 10.3. The molecule has 0 unspecified atom stereocenters. The number of allylic oxidation sites excluding steroid dienone is 2. The maximum atomic E-state index is 10.5. The smallest absolute Gasteiger partial charge is 0.176 e. The molecule has 0 aliphatic heterocycles. The van der Waals surface area contributed by atoms with E-state index >= 15 is 0 Å². The Labute approximate surface area is 60.1 Å². The molecule has 0 fully saturated rings. The van der Waals surface area contributed by atoms with Crippen LogP contribution >= 0.6 is 22.6 Å². The topological polar surface area (TPSA) is 34.1 Å². The summed E-state index contributed by atoms with van der Waals surface area (Å²) in [5.74, 6) is -0.175. The molecule has 1 aliphatic rings. The van der Waals surface area contributed by atoms with E-state index in [9.17, 15) is 9.59 Å². The first-order chi connectivity index (χ1) is 3.72. The van der Waals surface area contributed by atoms with E-state index in [1.54, 1.807) is 0 Å². The molecule has 0 bridgehead atoms. The van der Waals surface area contributed by atoms with Crippen LogP contribution in [0.5, 0.6) is 0 Å². The zero-order chi connectivity index (χ0) is 6.15. The normalized spacial score (nSPS) is 20.6. The van der Waals surface area contributed by atoms with E-state index in [-0.39, 0.29) is 11.6 Å². The molecule has 2 nitrogen and oxygen atoms in total. The van der Waals surface area contributed by atoms with Crippen LogP contribution in [0.4, 0.5) is 0 Å². The summed E-state index contributed by atoms with van der Waals surface area (Å²) >= 11 is 1.82. The third kappa shape index (κ3) is 0.819. The Kier molecular flexibility index (Phi) is 1.46. The van der Waals surface area contributed by atoms with Crippen LogP contribution in [0.2, 0.25) is 0 Å². The van der Waals surface area contributed by atoms with Crippen LogP contribution < -0.4 is 0 Å². The van der Waals surface area contributed by atoms with E-state index in [1.807, 2.05) is 22.6 Å². The number of hydrogen-bond donors (Lipinski definition) is 0. The molecule has 0 aromatic carbocycles. The highest BCUT2D eigenvalue weighted by molar-refractivity contribution is 14.1. The molecule has 3 heteroatoms. The number of rotatable bonds is 0. The molecule has 0 aromatic heterocycles. The molecule has 0 radical (unpaired) electrons. The number of carbonyl (C=O) groups excluding carboxylic acids is 2. The molecule has 0 saturated heterocycles.